The predicted molar refractivity (Wildman–Crippen MR) is 74.8 cm³/mol. The number of benzene rings is 1. The van der Waals surface area contributed by atoms with E-state index in [0.29, 0.717) is 11.4 Å². The fourth-order valence-electron chi connectivity index (χ4n) is 1.70. The third kappa shape index (κ3) is 3.14. The van der Waals surface area contributed by atoms with Crippen molar-refractivity contribution < 1.29 is 8.42 Å². The monoisotopic (exact) mass is 279 g/mol. The molecule has 1 heterocycles. The molecular formula is C13H17N3O2S. The van der Waals surface area contributed by atoms with Gasteiger partial charge in [-0.15, -0.1) is 0 Å². The molecule has 0 amide bonds. The number of anilines is 1. The second-order valence-corrected chi connectivity index (χ2v) is 6.53. The van der Waals surface area contributed by atoms with Gasteiger partial charge in [-0.3, -0.25) is 0 Å². The summed E-state index contributed by atoms with van der Waals surface area (Å²) in [6.07, 6.45) is 1.66. The average Bonchev–Trinajstić information content (AvgIpc) is 2.82. The van der Waals surface area contributed by atoms with Crippen molar-refractivity contribution in [2.75, 3.05) is 11.1 Å². The molecule has 1 aromatic heterocycles. The zero-order valence-corrected chi connectivity index (χ0v) is 11.8. The fraction of sp³-hybridized carbons (Fsp3) is 0.308. The molecule has 0 aliphatic heterocycles. The van der Waals surface area contributed by atoms with E-state index in [9.17, 15) is 8.42 Å². The summed E-state index contributed by atoms with van der Waals surface area (Å²) < 4.78 is 23.3. The highest BCUT2D eigenvalue weighted by Gasteiger charge is 2.10. The molecule has 102 valence electrons. The summed E-state index contributed by atoms with van der Waals surface area (Å²) >= 11 is 0. The number of aryl methyl sites for hydroxylation is 1. The van der Waals surface area contributed by atoms with Crippen molar-refractivity contribution in [1.29, 1.82) is 0 Å². The molecule has 2 aromatic rings. The van der Waals surface area contributed by atoms with Gasteiger partial charge in [0.25, 0.3) is 0 Å². The zero-order valence-electron chi connectivity index (χ0n) is 11.0. The maximum absolute atomic E-state index is 11.7. The van der Waals surface area contributed by atoms with Crippen molar-refractivity contribution in [3.05, 3.63) is 42.0 Å². The fourth-order valence-corrected chi connectivity index (χ4v) is 2.58. The van der Waals surface area contributed by atoms with Gasteiger partial charge >= 0.3 is 0 Å². The Hall–Kier alpha value is -1.82. The number of imidazole rings is 1. The van der Waals surface area contributed by atoms with Gasteiger partial charge in [0.1, 0.15) is 0 Å². The minimum Gasteiger partial charge on any atom is -0.379 e. The molecule has 5 nitrogen and oxygen atoms in total. The van der Waals surface area contributed by atoms with Gasteiger partial charge in [-0.1, -0.05) is 6.92 Å². The van der Waals surface area contributed by atoms with E-state index in [2.05, 4.69) is 15.3 Å². The Labute approximate surface area is 113 Å². The molecule has 2 rings (SSSR count). The van der Waals surface area contributed by atoms with E-state index in [0.717, 1.165) is 17.1 Å². The second-order valence-electron chi connectivity index (χ2n) is 4.26. The summed E-state index contributed by atoms with van der Waals surface area (Å²) in [6, 6.07) is 6.78. The van der Waals surface area contributed by atoms with Crippen LogP contribution in [0.25, 0.3) is 0 Å². The highest BCUT2D eigenvalue weighted by molar-refractivity contribution is 7.91. The molecule has 0 fully saturated rings. The van der Waals surface area contributed by atoms with Crippen LogP contribution in [-0.2, 0) is 16.4 Å². The lowest BCUT2D eigenvalue weighted by molar-refractivity contribution is 0.597. The average molecular weight is 279 g/mol. The van der Waals surface area contributed by atoms with Crippen molar-refractivity contribution in [3.63, 3.8) is 0 Å². The van der Waals surface area contributed by atoms with Gasteiger partial charge in [0.15, 0.2) is 9.84 Å². The van der Waals surface area contributed by atoms with Crippen LogP contribution >= 0.6 is 0 Å². The van der Waals surface area contributed by atoms with Gasteiger partial charge in [0, 0.05) is 11.4 Å². The molecule has 0 radical (unpaired) electrons. The molecule has 0 aliphatic carbocycles. The lowest BCUT2D eigenvalue weighted by atomic mass is 10.3. The van der Waals surface area contributed by atoms with Crippen molar-refractivity contribution in [3.8, 4) is 0 Å². The standard InChI is InChI=1S/C13H17N3O2S/c1-3-19(17,18)12-6-4-11(5-7-12)14-8-13-10(2)15-9-16-13/h4-7,9,14H,3,8H2,1-2H3,(H,15,16). The molecule has 0 saturated heterocycles. The summed E-state index contributed by atoms with van der Waals surface area (Å²) in [5, 5.41) is 3.21. The topological polar surface area (TPSA) is 74.8 Å². The summed E-state index contributed by atoms with van der Waals surface area (Å²) in [5.74, 6) is 0.117. The van der Waals surface area contributed by atoms with E-state index in [4.69, 9.17) is 0 Å². The van der Waals surface area contributed by atoms with Crippen LogP contribution in [0.4, 0.5) is 5.69 Å². The molecular weight excluding hydrogens is 262 g/mol. The van der Waals surface area contributed by atoms with Crippen LogP contribution < -0.4 is 5.32 Å². The largest absolute Gasteiger partial charge is 0.379 e. The Balaban J connectivity index is 2.06. The Morgan fingerprint density at radius 3 is 2.47 bits per heavy atom. The molecule has 0 atom stereocenters. The number of H-pyrrole nitrogens is 1. The smallest absolute Gasteiger partial charge is 0.178 e. The highest BCUT2D eigenvalue weighted by Crippen LogP contribution is 2.16. The van der Waals surface area contributed by atoms with E-state index in [1.807, 2.05) is 6.92 Å². The first-order valence-electron chi connectivity index (χ1n) is 6.08. The van der Waals surface area contributed by atoms with Gasteiger partial charge in [0.05, 0.1) is 29.2 Å². The van der Waals surface area contributed by atoms with Gasteiger partial charge in [-0.25, -0.2) is 13.4 Å². The number of rotatable bonds is 5. The Bertz CT molecular complexity index is 645. The Morgan fingerprint density at radius 1 is 1.26 bits per heavy atom. The van der Waals surface area contributed by atoms with Crippen molar-refractivity contribution in [2.24, 2.45) is 0 Å². The molecule has 0 bridgehead atoms. The summed E-state index contributed by atoms with van der Waals surface area (Å²) in [6.45, 7) is 4.21. The van der Waals surface area contributed by atoms with Crippen LogP contribution in [0.5, 0.6) is 0 Å². The molecule has 2 N–H and O–H groups in total. The normalized spacial score (nSPS) is 11.5. The predicted octanol–water partition coefficient (Wildman–Crippen LogP) is 2.12. The van der Waals surface area contributed by atoms with Crippen LogP contribution in [0.1, 0.15) is 18.3 Å². The SMILES string of the molecule is CCS(=O)(=O)c1ccc(NCc2nc[nH]c2C)cc1. The number of nitrogens with zero attached hydrogens (tertiary/aromatic N) is 1. The van der Waals surface area contributed by atoms with Crippen molar-refractivity contribution in [2.45, 2.75) is 25.3 Å². The summed E-state index contributed by atoms with van der Waals surface area (Å²) in [7, 11) is -3.12. The van der Waals surface area contributed by atoms with E-state index < -0.39 is 9.84 Å². The van der Waals surface area contributed by atoms with E-state index in [1.165, 1.54) is 0 Å². The minimum atomic E-state index is -3.12. The van der Waals surface area contributed by atoms with E-state index in [-0.39, 0.29) is 5.75 Å². The summed E-state index contributed by atoms with van der Waals surface area (Å²) in [5.41, 5.74) is 2.85. The van der Waals surface area contributed by atoms with Gasteiger partial charge < -0.3 is 10.3 Å². The number of aromatic amines is 1. The Morgan fingerprint density at radius 2 is 1.95 bits per heavy atom. The van der Waals surface area contributed by atoms with Crippen LogP contribution in [-0.4, -0.2) is 24.1 Å². The second kappa shape index (κ2) is 5.44. The van der Waals surface area contributed by atoms with Gasteiger partial charge in [-0.2, -0.15) is 0 Å². The highest BCUT2D eigenvalue weighted by atomic mass is 32.2. The van der Waals surface area contributed by atoms with Gasteiger partial charge in [0.2, 0.25) is 0 Å². The van der Waals surface area contributed by atoms with Crippen LogP contribution in [0, 0.1) is 6.92 Å². The lowest BCUT2D eigenvalue weighted by Crippen LogP contribution is -2.04. The van der Waals surface area contributed by atoms with Crippen molar-refractivity contribution in [1.82, 2.24) is 9.97 Å². The number of hydrogen-bond donors (Lipinski definition) is 2. The molecule has 19 heavy (non-hydrogen) atoms. The number of aromatic nitrogens is 2. The lowest BCUT2D eigenvalue weighted by Gasteiger charge is -2.07. The van der Waals surface area contributed by atoms with E-state index in [1.54, 1.807) is 37.5 Å². The third-order valence-corrected chi connectivity index (χ3v) is 4.74. The summed E-state index contributed by atoms with van der Waals surface area (Å²) in [4.78, 5) is 7.56. The first kappa shape index (κ1) is 13.6. The Kier molecular flexibility index (Phi) is 3.90. The molecule has 0 spiro atoms. The van der Waals surface area contributed by atoms with Crippen molar-refractivity contribution >= 4 is 15.5 Å². The van der Waals surface area contributed by atoms with Crippen LogP contribution in [0.15, 0.2) is 35.5 Å². The molecule has 0 unspecified atom stereocenters. The first-order valence-corrected chi connectivity index (χ1v) is 7.73. The number of nitrogens with one attached hydrogen (secondary N) is 2. The molecule has 0 aliphatic rings. The maximum atomic E-state index is 11.7. The molecule has 1 aromatic carbocycles. The van der Waals surface area contributed by atoms with Crippen LogP contribution in [0.3, 0.4) is 0 Å². The first-order chi connectivity index (χ1) is 9.03. The zero-order chi connectivity index (χ0) is 13.9. The third-order valence-electron chi connectivity index (χ3n) is 2.99. The maximum Gasteiger partial charge on any atom is 0.178 e. The minimum absolute atomic E-state index is 0.117. The number of sulfone groups is 1. The molecule has 6 heteroatoms. The van der Waals surface area contributed by atoms with E-state index >= 15 is 0 Å². The number of hydrogen-bond acceptors (Lipinski definition) is 4. The quantitative estimate of drug-likeness (QED) is 0.879. The van der Waals surface area contributed by atoms with Crippen LogP contribution in [0.2, 0.25) is 0 Å². The van der Waals surface area contributed by atoms with Gasteiger partial charge in [-0.05, 0) is 31.2 Å². The molecule has 0 saturated carbocycles.